The Kier molecular flexibility index (Phi) is 4.87. The van der Waals surface area contributed by atoms with Gasteiger partial charge < -0.3 is 10.0 Å². The summed E-state index contributed by atoms with van der Waals surface area (Å²) >= 11 is 0. The molecule has 0 aliphatic heterocycles. The van der Waals surface area contributed by atoms with Crippen LogP contribution < -0.4 is 4.90 Å². The largest absolute Gasteiger partial charge is 0.481 e. The van der Waals surface area contributed by atoms with Crippen LogP contribution in [0, 0.1) is 6.92 Å². The molecule has 0 saturated heterocycles. The van der Waals surface area contributed by atoms with Crippen molar-refractivity contribution in [3.63, 3.8) is 0 Å². The van der Waals surface area contributed by atoms with Crippen LogP contribution in [-0.4, -0.2) is 34.6 Å². The van der Waals surface area contributed by atoms with Gasteiger partial charge in [-0.15, -0.1) is 0 Å². The van der Waals surface area contributed by atoms with Gasteiger partial charge in [0.2, 0.25) is 0 Å². The average Bonchev–Trinajstić information content (AvgIpc) is 2.27. The van der Waals surface area contributed by atoms with Gasteiger partial charge in [-0.3, -0.25) is 4.79 Å². The maximum Gasteiger partial charge on any atom is 0.303 e. The number of aryl methyl sites for hydroxylation is 2. The molecule has 1 aromatic heterocycles. The molecule has 0 bridgehead atoms. The lowest BCUT2D eigenvalue weighted by Crippen LogP contribution is -2.21. The Morgan fingerprint density at radius 3 is 2.76 bits per heavy atom. The molecule has 0 fully saturated rings. The second-order valence-electron chi connectivity index (χ2n) is 4.04. The van der Waals surface area contributed by atoms with Crippen molar-refractivity contribution in [3.05, 3.63) is 17.6 Å². The van der Waals surface area contributed by atoms with E-state index in [1.54, 1.807) is 0 Å². The first-order valence-electron chi connectivity index (χ1n) is 5.80. The lowest BCUT2D eigenvalue weighted by Gasteiger charge is -2.18. The van der Waals surface area contributed by atoms with Crippen molar-refractivity contribution in [2.75, 3.05) is 18.5 Å². The second kappa shape index (κ2) is 6.18. The van der Waals surface area contributed by atoms with Crippen LogP contribution in [-0.2, 0) is 11.2 Å². The van der Waals surface area contributed by atoms with Crippen LogP contribution in [0.2, 0.25) is 0 Å². The van der Waals surface area contributed by atoms with Gasteiger partial charge in [0.25, 0.3) is 0 Å². The van der Waals surface area contributed by atoms with Gasteiger partial charge in [0, 0.05) is 31.8 Å². The summed E-state index contributed by atoms with van der Waals surface area (Å²) in [7, 11) is 1.92. The second-order valence-corrected chi connectivity index (χ2v) is 4.04. The molecule has 94 valence electrons. The number of carbonyl (C=O) groups is 1. The molecule has 1 N–H and O–H groups in total. The molecular formula is C12H19N3O2. The Morgan fingerprint density at radius 1 is 1.47 bits per heavy atom. The fourth-order valence-electron chi connectivity index (χ4n) is 1.57. The van der Waals surface area contributed by atoms with Crippen molar-refractivity contribution in [2.24, 2.45) is 0 Å². The van der Waals surface area contributed by atoms with E-state index < -0.39 is 5.97 Å². The zero-order chi connectivity index (χ0) is 12.8. The van der Waals surface area contributed by atoms with Crippen LogP contribution in [0.4, 0.5) is 5.82 Å². The first kappa shape index (κ1) is 13.4. The summed E-state index contributed by atoms with van der Waals surface area (Å²) in [6, 6.07) is 1.95. The van der Waals surface area contributed by atoms with Gasteiger partial charge >= 0.3 is 5.97 Å². The molecule has 1 heterocycles. The SMILES string of the molecule is CCc1cc(N(C)CCCC(=O)O)nc(C)n1. The maximum atomic E-state index is 10.4. The number of hydrogen-bond donors (Lipinski definition) is 1. The summed E-state index contributed by atoms with van der Waals surface area (Å²) in [6.07, 6.45) is 1.69. The van der Waals surface area contributed by atoms with E-state index in [9.17, 15) is 4.79 Å². The maximum absolute atomic E-state index is 10.4. The molecule has 0 unspecified atom stereocenters. The van der Waals surface area contributed by atoms with Crippen molar-refractivity contribution in [1.82, 2.24) is 9.97 Å². The normalized spacial score (nSPS) is 10.3. The molecule has 1 rings (SSSR count). The molecule has 0 spiro atoms. The summed E-state index contributed by atoms with van der Waals surface area (Å²) in [5.41, 5.74) is 1.01. The van der Waals surface area contributed by atoms with Crippen molar-refractivity contribution in [1.29, 1.82) is 0 Å². The van der Waals surface area contributed by atoms with Crippen LogP contribution >= 0.6 is 0 Å². The lowest BCUT2D eigenvalue weighted by molar-refractivity contribution is -0.137. The summed E-state index contributed by atoms with van der Waals surface area (Å²) in [5.74, 6) is 0.857. The summed E-state index contributed by atoms with van der Waals surface area (Å²) in [5, 5.41) is 8.58. The number of anilines is 1. The Bertz CT molecular complexity index is 393. The van der Waals surface area contributed by atoms with Gasteiger partial charge in [-0.05, 0) is 19.8 Å². The van der Waals surface area contributed by atoms with Crippen LogP contribution in [0.3, 0.4) is 0 Å². The predicted octanol–water partition coefficient (Wildman–Crippen LogP) is 1.65. The third-order valence-corrected chi connectivity index (χ3v) is 2.51. The van der Waals surface area contributed by atoms with E-state index >= 15 is 0 Å². The lowest BCUT2D eigenvalue weighted by atomic mass is 10.2. The average molecular weight is 237 g/mol. The summed E-state index contributed by atoms with van der Waals surface area (Å²) in [4.78, 5) is 21.1. The van der Waals surface area contributed by atoms with Gasteiger partial charge in [-0.25, -0.2) is 9.97 Å². The zero-order valence-electron chi connectivity index (χ0n) is 10.6. The van der Waals surface area contributed by atoms with E-state index in [1.807, 2.05) is 24.9 Å². The first-order chi connectivity index (χ1) is 8.02. The number of nitrogens with zero attached hydrogens (tertiary/aromatic N) is 3. The number of hydrogen-bond acceptors (Lipinski definition) is 4. The van der Waals surface area contributed by atoms with E-state index in [2.05, 4.69) is 16.9 Å². The Hall–Kier alpha value is -1.65. The Labute approximate surface area is 102 Å². The highest BCUT2D eigenvalue weighted by molar-refractivity contribution is 5.66. The zero-order valence-corrected chi connectivity index (χ0v) is 10.6. The van der Waals surface area contributed by atoms with Gasteiger partial charge in [-0.2, -0.15) is 0 Å². The molecule has 0 aliphatic carbocycles. The van der Waals surface area contributed by atoms with E-state index in [1.165, 1.54) is 0 Å². The molecule has 0 amide bonds. The minimum atomic E-state index is -0.758. The number of carboxylic acid groups (broad SMARTS) is 1. The highest BCUT2D eigenvalue weighted by Gasteiger charge is 2.06. The van der Waals surface area contributed by atoms with E-state index in [0.29, 0.717) is 13.0 Å². The molecular weight excluding hydrogens is 218 g/mol. The summed E-state index contributed by atoms with van der Waals surface area (Å²) < 4.78 is 0. The topological polar surface area (TPSA) is 66.3 Å². The van der Waals surface area contributed by atoms with Crippen molar-refractivity contribution >= 4 is 11.8 Å². The predicted molar refractivity (Wildman–Crippen MR) is 66.3 cm³/mol. The molecule has 1 aromatic rings. The standard InChI is InChI=1S/C12H19N3O2/c1-4-10-8-11(14-9(2)13-10)15(3)7-5-6-12(16)17/h8H,4-7H2,1-3H3,(H,16,17). The molecule has 5 heteroatoms. The third kappa shape index (κ3) is 4.38. The quantitative estimate of drug-likeness (QED) is 0.814. The first-order valence-corrected chi connectivity index (χ1v) is 5.80. The van der Waals surface area contributed by atoms with Crippen LogP contribution in [0.15, 0.2) is 6.07 Å². The molecule has 0 radical (unpaired) electrons. The number of rotatable bonds is 6. The van der Waals surface area contributed by atoms with Crippen LogP contribution in [0.5, 0.6) is 0 Å². The fraction of sp³-hybridized carbons (Fsp3) is 0.583. The highest BCUT2D eigenvalue weighted by Crippen LogP contribution is 2.12. The molecule has 5 nitrogen and oxygen atoms in total. The van der Waals surface area contributed by atoms with Crippen molar-refractivity contribution in [3.8, 4) is 0 Å². The molecule has 17 heavy (non-hydrogen) atoms. The number of aliphatic carboxylic acids is 1. The van der Waals surface area contributed by atoms with E-state index in [-0.39, 0.29) is 6.42 Å². The number of carboxylic acids is 1. The minimum Gasteiger partial charge on any atom is -0.481 e. The van der Waals surface area contributed by atoms with Gasteiger partial charge in [0.1, 0.15) is 11.6 Å². The third-order valence-electron chi connectivity index (χ3n) is 2.51. The smallest absolute Gasteiger partial charge is 0.303 e. The summed E-state index contributed by atoms with van der Waals surface area (Å²) in [6.45, 7) is 4.61. The highest BCUT2D eigenvalue weighted by atomic mass is 16.4. The Morgan fingerprint density at radius 2 is 2.18 bits per heavy atom. The molecule has 0 aromatic carbocycles. The molecule has 0 aliphatic rings. The minimum absolute atomic E-state index is 0.190. The molecule has 0 atom stereocenters. The van der Waals surface area contributed by atoms with E-state index in [0.717, 1.165) is 23.8 Å². The van der Waals surface area contributed by atoms with Crippen molar-refractivity contribution in [2.45, 2.75) is 33.1 Å². The van der Waals surface area contributed by atoms with Gasteiger partial charge in [0.15, 0.2) is 0 Å². The van der Waals surface area contributed by atoms with Crippen molar-refractivity contribution < 1.29 is 9.90 Å². The van der Waals surface area contributed by atoms with Gasteiger partial charge in [-0.1, -0.05) is 6.92 Å². The monoisotopic (exact) mass is 237 g/mol. The van der Waals surface area contributed by atoms with E-state index in [4.69, 9.17) is 5.11 Å². The molecule has 0 saturated carbocycles. The van der Waals surface area contributed by atoms with Gasteiger partial charge in [0.05, 0.1) is 0 Å². The van der Waals surface area contributed by atoms with Crippen LogP contribution in [0.25, 0.3) is 0 Å². The number of aromatic nitrogens is 2. The Balaban J connectivity index is 2.64. The van der Waals surface area contributed by atoms with Crippen LogP contribution in [0.1, 0.15) is 31.3 Å². The fourth-order valence-corrected chi connectivity index (χ4v) is 1.57.